The molecule has 1 aromatic heterocycles. The standard InChI is InChI=1S/C23H19N3O3/c27-21-10-20(22(21)28)26-8-7-15-6-5-14(9-16(15)13-26)11-25-23(29)18-12-24-19-4-2-1-3-17(18)19/h1-6,9-10,12,24H,7-8,11,13H2,(H,25,29). The van der Waals surface area contributed by atoms with Gasteiger partial charge < -0.3 is 15.2 Å². The minimum atomic E-state index is -0.417. The molecule has 0 saturated heterocycles. The van der Waals surface area contributed by atoms with Gasteiger partial charge >= 0.3 is 0 Å². The number of H-pyrrole nitrogens is 1. The highest BCUT2D eigenvalue weighted by Crippen LogP contribution is 2.24. The number of nitrogens with one attached hydrogen (secondary N) is 2. The summed E-state index contributed by atoms with van der Waals surface area (Å²) in [6.45, 7) is 1.75. The van der Waals surface area contributed by atoms with Crippen LogP contribution < -0.4 is 21.1 Å². The van der Waals surface area contributed by atoms with Gasteiger partial charge in [0, 0.05) is 42.8 Å². The molecule has 1 aliphatic heterocycles. The van der Waals surface area contributed by atoms with Gasteiger partial charge in [0.1, 0.15) is 0 Å². The van der Waals surface area contributed by atoms with Crippen LogP contribution in [-0.2, 0) is 19.5 Å². The maximum absolute atomic E-state index is 12.6. The number of hydrogen-bond acceptors (Lipinski definition) is 4. The average molecular weight is 385 g/mol. The smallest absolute Gasteiger partial charge is 0.253 e. The van der Waals surface area contributed by atoms with Gasteiger partial charge in [-0.05, 0) is 29.2 Å². The van der Waals surface area contributed by atoms with E-state index in [1.54, 1.807) is 6.20 Å². The van der Waals surface area contributed by atoms with Crippen LogP contribution in [0.5, 0.6) is 0 Å². The fourth-order valence-corrected chi connectivity index (χ4v) is 4.00. The monoisotopic (exact) mass is 385 g/mol. The third-order valence-electron chi connectivity index (χ3n) is 5.63. The number of carbonyl (C=O) groups is 1. The summed E-state index contributed by atoms with van der Waals surface area (Å²) >= 11 is 0. The van der Waals surface area contributed by atoms with E-state index in [1.165, 1.54) is 11.6 Å². The van der Waals surface area contributed by atoms with Crippen LogP contribution in [0.25, 0.3) is 10.9 Å². The predicted octanol–water partition coefficient (Wildman–Crippen LogP) is 2.26. The summed E-state index contributed by atoms with van der Waals surface area (Å²) in [6, 6.07) is 15.3. The molecule has 1 amide bonds. The van der Waals surface area contributed by atoms with Crippen LogP contribution in [0.4, 0.5) is 5.69 Å². The number of para-hydroxylation sites is 1. The topological polar surface area (TPSA) is 82.3 Å². The molecular weight excluding hydrogens is 366 g/mol. The lowest BCUT2D eigenvalue weighted by molar-refractivity contribution is 0.0952. The minimum absolute atomic E-state index is 0.120. The van der Waals surface area contributed by atoms with E-state index in [0.717, 1.165) is 35.0 Å². The number of carbonyl (C=O) groups excluding carboxylic acids is 1. The molecule has 0 fully saturated rings. The van der Waals surface area contributed by atoms with Gasteiger partial charge in [-0.25, -0.2) is 0 Å². The van der Waals surface area contributed by atoms with Gasteiger partial charge in [-0.1, -0.05) is 36.4 Å². The van der Waals surface area contributed by atoms with Crippen LogP contribution in [-0.4, -0.2) is 17.4 Å². The van der Waals surface area contributed by atoms with Crippen LogP contribution in [0.15, 0.2) is 64.3 Å². The second-order valence-electron chi connectivity index (χ2n) is 7.43. The highest BCUT2D eigenvalue weighted by molar-refractivity contribution is 6.06. The van der Waals surface area contributed by atoms with E-state index in [-0.39, 0.29) is 5.91 Å². The Kier molecular flexibility index (Phi) is 4.05. The highest BCUT2D eigenvalue weighted by Gasteiger charge is 2.22. The van der Waals surface area contributed by atoms with Crippen molar-refractivity contribution in [2.75, 3.05) is 11.4 Å². The number of hydrogen-bond donors (Lipinski definition) is 2. The number of aromatic nitrogens is 1. The summed E-state index contributed by atoms with van der Waals surface area (Å²) < 4.78 is 0. The van der Waals surface area contributed by atoms with E-state index < -0.39 is 10.9 Å². The maximum Gasteiger partial charge on any atom is 0.253 e. The normalized spacial score (nSPS) is 13.6. The Balaban J connectivity index is 1.30. The molecule has 5 rings (SSSR count). The van der Waals surface area contributed by atoms with E-state index >= 15 is 0 Å². The average Bonchev–Trinajstić information content (AvgIpc) is 3.19. The van der Waals surface area contributed by atoms with Gasteiger partial charge in [-0.2, -0.15) is 0 Å². The number of nitrogens with zero attached hydrogens (tertiary/aromatic N) is 1. The third-order valence-corrected chi connectivity index (χ3v) is 5.63. The van der Waals surface area contributed by atoms with Crippen LogP contribution in [0.3, 0.4) is 0 Å². The Hall–Kier alpha value is -3.67. The number of amides is 1. The molecule has 6 heteroatoms. The predicted molar refractivity (Wildman–Crippen MR) is 112 cm³/mol. The second-order valence-corrected chi connectivity index (χ2v) is 7.43. The molecule has 4 aromatic rings. The fraction of sp³-hybridized carbons (Fsp3) is 0.174. The molecule has 0 bridgehead atoms. The lowest BCUT2D eigenvalue weighted by Crippen LogP contribution is -2.41. The lowest BCUT2D eigenvalue weighted by atomic mass is 9.96. The quantitative estimate of drug-likeness (QED) is 0.528. The van der Waals surface area contributed by atoms with Gasteiger partial charge in [0.2, 0.25) is 10.9 Å². The first-order chi connectivity index (χ1) is 14.1. The van der Waals surface area contributed by atoms with Gasteiger partial charge in [0.25, 0.3) is 5.91 Å². The molecule has 0 atom stereocenters. The molecule has 0 spiro atoms. The third kappa shape index (κ3) is 3.02. The van der Waals surface area contributed by atoms with Crippen molar-refractivity contribution >= 4 is 22.5 Å². The van der Waals surface area contributed by atoms with E-state index in [0.29, 0.717) is 24.3 Å². The van der Waals surface area contributed by atoms with Gasteiger partial charge in [-0.3, -0.25) is 14.4 Å². The molecule has 0 saturated carbocycles. The first-order valence-electron chi connectivity index (χ1n) is 9.60. The van der Waals surface area contributed by atoms with E-state index in [2.05, 4.69) is 22.4 Å². The first-order valence-corrected chi connectivity index (χ1v) is 9.60. The molecule has 144 valence electrons. The molecule has 2 heterocycles. The van der Waals surface area contributed by atoms with E-state index in [4.69, 9.17) is 0 Å². The van der Waals surface area contributed by atoms with Crippen molar-refractivity contribution in [2.45, 2.75) is 19.5 Å². The SMILES string of the molecule is O=C(NCc1ccc2c(c1)CN(c1cc(=O)c1=O)CC2)c1c[nH]c2ccccc12. The number of anilines is 1. The number of aromatic amines is 1. The summed E-state index contributed by atoms with van der Waals surface area (Å²) in [7, 11) is 0. The Labute approximate surface area is 166 Å². The summed E-state index contributed by atoms with van der Waals surface area (Å²) in [5.74, 6) is -0.120. The minimum Gasteiger partial charge on any atom is -0.363 e. The molecule has 0 aliphatic carbocycles. The van der Waals surface area contributed by atoms with E-state index in [1.807, 2.05) is 35.2 Å². The molecule has 29 heavy (non-hydrogen) atoms. The number of benzene rings is 2. The van der Waals surface area contributed by atoms with Gasteiger partial charge in [0.15, 0.2) is 0 Å². The number of fused-ring (bicyclic) bond motifs is 2. The summed E-state index contributed by atoms with van der Waals surface area (Å²) in [5, 5.41) is 3.89. The zero-order valence-electron chi connectivity index (χ0n) is 15.7. The summed E-state index contributed by atoms with van der Waals surface area (Å²) in [4.78, 5) is 40.6. The van der Waals surface area contributed by atoms with Crippen molar-refractivity contribution in [1.82, 2.24) is 10.3 Å². The van der Waals surface area contributed by atoms with Crippen LogP contribution in [0, 0.1) is 0 Å². The van der Waals surface area contributed by atoms with Crippen molar-refractivity contribution in [3.8, 4) is 0 Å². The van der Waals surface area contributed by atoms with Gasteiger partial charge in [0.05, 0.1) is 11.3 Å². The van der Waals surface area contributed by atoms with Crippen molar-refractivity contribution in [2.24, 2.45) is 0 Å². The second kappa shape index (κ2) is 6.74. The van der Waals surface area contributed by atoms with Gasteiger partial charge in [-0.15, -0.1) is 0 Å². The van der Waals surface area contributed by atoms with Crippen molar-refractivity contribution in [1.29, 1.82) is 0 Å². The zero-order chi connectivity index (χ0) is 20.0. The molecule has 2 N–H and O–H groups in total. The van der Waals surface area contributed by atoms with Crippen LogP contribution in [0.1, 0.15) is 27.0 Å². The Morgan fingerprint density at radius 2 is 1.93 bits per heavy atom. The summed E-state index contributed by atoms with van der Waals surface area (Å²) in [5.41, 5.74) is 4.64. The van der Waals surface area contributed by atoms with Crippen molar-refractivity contribution in [3.63, 3.8) is 0 Å². The molecular formula is C23H19N3O3. The lowest BCUT2D eigenvalue weighted by Gasteiger charge is -2.31. The molecule has 1 aliphatic rings. The molecule has 0 unspecified atom stereocenters. The Morgan fingerprint density at radius 1 is 1.07 bits per heavy atom. The first kappa shape index (κ1) is 17.4. The Morgan fingerprint density at radius 3 is 2.76 bits per heavy atom. The largest absolute Gasteiger partial charge is 0.363 e. The molecule has 3 aromatic carbocycles. The van der Waals surface area contributed by atoms with Crippen LogP contribution in [0.2, 0.25) is 0 Å². The van der Waals surface area contributed by atoms with Crippen molar-refractivity contribution in [3.05, 3.63) is 97.4 Å². The van der Waals surface area contributed by atoms with Crippen LogP contribution >= 0.6 is 0 Å². The zero-order valence-corrected chi connectivity index (χ0v) is 15.7. The maximum atomic E-state index is 12.6. The fourth-order valence-electron chi connectivity index (χ4n) is 4.00. The van der Waals surface area contributed by atoms with E-state index in [9.17, 15) is 14.4 Å². The number of rotatable bonds is 4. The summed E-state index contributed by atoms with van der Waals surface area (Å²) in [6.07, 6.45) is 2.56. The molecule has 6 nitrogen and oxygen atoms in total. The Bertz CT molecular complexity index is 1310. The molecule has 0 radical (unpaired) electrons. The highest BCUT2D eigenvalue weighted by atomic mass is 16.2. The van der Waals surface area contributed by atoms with Crippen molar-refractivity contribution < 1.29 is 4.79 Å².